The van der Waals surface area contributed by atoms with Gasteiger partial charge in [-0.2, -0.15) is 0 Å². The standard InChI is InChI=1S/C15H15NO2/c1-12-7-9-14(10-8-12)15(11-16(17)18)13-5-3-2-4-6-13/h2-10,15H,11H2,1H3/t15-/m1/s1. The quantitative estimate of drug-likeness (QED) is 0.608. The molecule has 0 fully saturated rings. The van der Waals surface area contributed by atoms with E-state index in [4.69, 9.17) is 0 Å². The fourth-order valence-corrected chi connectivity index (χ4v) is 2.04. The van der Waals surface area contributed by atoms with Crippen molar-refractivity contribution in [3.05, 3.63) is 81.4 Å². The molecular weight excluding hydrogens is 226 g/mol. The van der Waals surface area contributed by atoms with E-state index in [9.17, 15) is 10.1 Å². The van der Waals surface area contributed by atoms with Crippen LogP contribution in [0.15, 0.2) is 54.6 Å². The predicted molar refractivity (Wildman–Crippen MR) is 71.3 cm³/mol. The smallest absolute Gasteiger partial charge is 0.214 e. The van der Waals surface area contributed by atoms with Gasteiger partial charge in [-0.3, -0.25) is 10.1 Å². The second kappa shape index (κ2) is 5.45. The lowest BCUT2D eigenvalue weighted by Gasteiger charge is -2.14. The average molecular weight is 241 g/mol. The summed E-state index contributed by atoms with van der Waals surface area (Å²) in [5.41, 5.74) is 3.13. The third-order valence-electron chi connectivity index (χ3n) is 3.01. The first-order valence-electron chi connectivity index (χ1n) is 5.90. The van der Waals surface area contributed by atoms with Crippen molar-refractivity contribution in [2.75, 3.05) is 6.54 Å². The van der Waals surface area contributed by atoms with Gasteiger partial charge in [-0.15, -0.1) is 0 Å². The minimum absolute atomic E-state index is 0.0763. The number of nitro groups is 1. The first-order chi connectivity index (χ1) is 8.66. The molecule has 0 spiro atoms. The van der Waals surface area contributed by atoms with E-state index in [0.717, 1.165) is 16.7 Å². The van der Waals surface area contributed by atoms with Crippen molar-refractivity contribution >= 4 is 0 Å². The fourth-order valence-electron chi connectivity index (χ4n) is 2.04. The molecule has 0 amide bonds. The number of rotatable bonds is 4. The highest BCUT2D eigenvalue weighted by Gasteiger charge is 2.19. The molecule has 2 aromatic carbocycles. The van der Waals surface area contributed by atoms with E-state index < -0.39 is 0 Å². The van der Waals surface area contributed by atoms with E-state index in [2.05, 4.69) is 0 Å². The molecule has 0 radical (unpaired) electrons. The minimum Gasteiger partial charge on any atom is -0.265 e. The summed E-state index contributed by atoms with van der Waals surface area (Å²) < 4.78 is 0. The Balaban J connectivity index is 2.36. The van der Waals surface area contributed by atoms with Gasteiger partial charge in [0.1, 0.15) is 0 Å². The molecule has 18 heavy (non-hydrogen) atoms. The van der Waals surface area contributed by atoms with Crippen LogP contribution in [0.3, 0.4) is 0 Å². The molecule has 3 nitrogen and oxygen atoms in total. The highest BCUT2D eigenvalue weighted by molar-refractivity contribution is 5.33. The maximum atomic E-state index is 10.8. The largest absolute Gasteiger partial charge is 0.265 e. The van der Waals surface area contributed by atoms with Crippen molar-refractivity contribution in [3.63, 3.8) is 0 Å². The number of aryl methyl sites for hydroxylation is 1. The molecule has 0 aliphatic heterocycles. The SMILES string of the molecule is Cc1ccc([C@H](C[N+](=O)[O-])c2ccccc2)cc1. The molecule has 0 bridgehead atoms. The summed E-state index contributed by atoms with van der Waals surface area (Å²) in [5, 5.41) is 10.8. The van der Waals surface area contributed by atoms with Crippen LogP contribution in [0.4, 0.5) is 0 Å². The molecule has 0 saturated heterocycles. The Labute approximate surface area is 106 Å². The van der Waals surface area contributed by atoms with Gasteiger partial charge in [-0.1, -0.05) is 60.2 Å². The topological polar surface area (TPSA) is 43.1 Å². The van der Waals surface area contributed by atoms with Crippen LogP contribution in [0.1, 0.15) is 22.6 Å². The summed E-state index contributed by atoms with van der Waals surface area (Å²) >= 11 is 0. The van der Waals surface area contributed by atoms with Gasteiger partial charge in [0.05, 0.1) is 5.92 Å². The number of hydrogen-bond acceptors (Lipinski definition) is 2. The second-order valence-corrected chi connectivity index (χ2v) is 4.39. The van der Waals surface area contributed by atoms with Gasteiger partial charge in [0.15, 0.2) is 0 Å². The van der Waals surface area contributed by atoms with E-state index in [1.165, 1.54) is 0 Å². The van der Waals surface area contributed by atoms with Gasteiger partial charge in [-0.05, 0) is 18.1 Å². The molecule has 2 rings (SSSR count). The van der Waals surface area contributed by atoms with Gasteiger partial charge in [0, 0.05) is 4.92 Å². The van der Waals surface area contributed by atoms with Crippen LogP contribution in [-0.4, -0.2) is 11.5 Å². The van der Waals surface area contributed by atoms with Crippen LogP contribution < -0.4 is 0 Å². The zero-order valence-electron chi connectivity index (χ0n) is 10.2. The predicted octanol–water partition coefficient (Wildman–Crippen LogP) is 3.40. The molecule has 0 N–H and O–H groups in total. The molecule has 92 valence electrons. The maximum absolute atomic E-state index is 10.8. The summed E-state index contributed by atoms with van der Waals surface area (Å²) in [7, 11) is 0. The molecule has 1 atom stereocenters. The lowest BCUT2D eigenvalue weighted by molar-refractivity contribution is -0.481. The van der Waals surface area contributed by atoms with Crippen LogP contribution in [-0.2, 0) is 0 Å². The Kier molecular flexibility index (Phi) is 3.72. The fraction of sp³-hybridized carbons (Fsp3) is 0.200. The van der Waals surface area contributed by atoms with E-state index in [0.29, 0.717) is 0 Å². The summed E-state index contributed by atoms with van der Waals surface area (Å²) in [6, 6.07) is 17.5. The molecule has 0 aliphatic carbocycles. The average Bonchev–Trinajstić information content (AvgIpc) is 2.38. The first-order valence-corrected chi connectivity index (χ1v) is 5.90. The third kappa shape index (κ3) is 2.94. The third-order valence-corrected chi connectivity index (χ3v) is 3.01. The van der Waals surface area contributed by atoms with E-state index >= 15 is 0 Å². The monoisotopic (exact) mass is 241 g/mol. The maximum Gasteiger partial charge on any atom is 0.214 e. The summed E-state index contributed by atoms with van der Waals surface area (Å²) in [6.07, 6.45) is 0. The van der Waals surface area contributed by atoms with Crippen LogP contribution >= 0.6 is 0 Å². The molecule has 2 aromatic rings. The van der Waals surface area contributed by atoms with Crippen molar-refractivity contribution in [3.8, 4) is 0 Å². The molecule has 0 aliphatic rings. The van der Waals surface area contributed by atoms with Crippen molar-refractivity contribution in [2.24, 2.45) is 0 Å². The minimum atomic E-state index is -0.252. The molecule has 0 saturated carbocycles. The van der Waals surface area contributed by atoms with Crippen LogP contribution in [0.5, 0.6) is 0 Å². The van der Waals surface area contributed by atoms with E-state index in [1.807, 2.05) is 61.5 Å². The van der Waals surface area contributed by atoms with E-state index in [-0.39, 0.29) is 17.4 Å². The summed E-state index contributed by atoms with van der Waals surface area (Å²) in [6.45, 7) is 1.93. The molecule has 0 unspecified atom stereocenters. The van der Waals surface area contributed by atoms with Gasteiger partial charge < -0.3 is 0 Å². The van der Waals surface area contributed by atoms with Crippen molar-refractivity contribution in [1.29, 1.82) is 0 Å². The first kappa shape index (κ1) is 12.3. The van der Waals surface area contributed by atoms with Crippen LogP contribution in [0, 0.1) is 17.0 Å². The molecule has 0 aromatic heterocycles. The zero-order chi connectivity index (χ0) is 13.0. The van der Waals surface area contributed by atoms with Crippen molar-refractivity contribution < 1.29 is 4.92 Å². The van der Waals surface area contributed by atoms with Crippen LogP contribution in [0.25, 0.3) is 0 Å². The van der Waals surface area contributed by atoms with Crippen molar-refractivity contribution in [2.45, 2.75) is 12.8 Å². The van der Waals surface area contributed by atoms with Crippen molar-refractivity contribution in [1.82, 2.24) is 0 Å². The lowest BCUT2D eigenvalue weighted by atomic mass is 9.91. The van der Waals surface area contributed by atoms with Crippen LogP contribution in [0.2, 0.25) is 0 Å². The Bertz CT molecular complexity index is 520. The lowest BCUT2D eigenvalue weighted by Crippen LogP contribution is -2.13. The Morgan fingerprint density at radius 3 is 2.11 bits per heavy atom. The number of hydrogen-bond donors (Lipinski definition) is 0. The zero-order valence-corrected chi connectivity index (χ0v) is 10.2. The Morgan fingerprint density at radius 1 is 1.00 bits per heavy atom. The Hall–Kier alpha value is -2.16. The van der Waals surface area contributed by atoms with E-state index in [1.54, 1.807) is 0 Å². The Morgan fingerprint density at radius 2 is 1.56 bits per heavy atom. The molecule has 0 heterocycles. The van der Waals surface area contributed by atoms with Gasteiger partial charge in [-0.25, -0.2) is 0 Å². The normalized spacial score (nSPS) is 12.1. The van der Waals surface area contributed by atoms with Gasteiger partial charge in [0.2, 0.25) is 6.54 Å². The summed E-state index contributed by atoms with van der Waals surface area (Å²) in [4.78, 5) is 10.6. The highest BCUT2D eigenvalue weighted by atomic mass is 16.6. The van der Waals surface area contributed by atoms with Gasteiger partial charge >= 0.3 is 0 Å². The molecular formula is C15H15NO2. The highest BCUT2D eigenvalue weighted by Crippen LogP contribution is 2.24. The van der Waals surface area contributed by atoms with Gasteiger partial charge in [0.25, 0.3) is 0 Å². The number of benzene rings is 2. The summed E-state index contributed by atoms with van der Waals surface area (Å²) in [5.74, 6) is -0.179. The number of nitrogens with zero attached hydrogens (tertiary/aromatic N) is 1. The molecule has 3 heteroatoms. The second-order valence-electron chi connectivity index (χ2n) is 4.39.